The monoisotopic (exact) mass is 430 g/mol. The van der Waals surface area contributed by atoms with E-state index < -0.39 is 17.8 Å². The predicted molar refractivity (Wildman–Crippen MR) is 129 cm³/mol. The molecular weight excluding hydrogens is 384 g/mol. The molecule has 3 N–H and O–H groups in total. The second kappa shape index (κ2) is 9.53. The molecule has 0 heterocycles. The first-order chi connectivity index (χ1) is 14.4. The second-order valence-corrected chi connectivity index (χ2v) is 11.8. The van der Waals surface area contributed by atoms with E-state index in [4.69, 9.17) is 0 Å². The van der Waals surface area contributed by atoms with Crippen molar-refractivity contribution in [1.82, 2.24) is 0 Å². The zero-order valence-electron chi connectivity index (χ0n) is 20.5. The molecule has 0 aromatic carbocycles. The van der Waals surface area contributed by atoms with Gasteiger partial charge >= 0.3 is 0 Å². The maximum Gasteiger partial charge on any atom is 0.0837 e. The highest BCUT2D eigenvalue weighted by molar-refractivity contribution is 5.39. The van der Waals surface area contributed by atoms with E-state index >= 15 is 0 Å². The number of allylic oxidation sites excluding steroid dienone is 3. The summed E-state index contributed by atoms with van der Waals surface area (Å²) in [5, 5.41) is 30.7. The van der Waals surface area contributed by atoms with Crippen molar-refractivity contribution in [3.05, 3.63) is 35.5 Å². The van der Waals surface area contributed by atoms with Gasteiger partial charge < -0.3 is 15.3 Å². The number of rotatable bonds is 6. The summed E-state index contributed by atoms with van der Waals surface area (Å²) in [6.45, 7) is 14.8. The van der Waals surface area contributed by atoms with E-state index in [-0.39, 0.29) is 5.92 Å². The lowest BCUT2D eigenvalue weighted by Gasteiger charge is -2.44. The summed E-state index contributed by atoms with van der Waals surface area (Å²) in [5.74, 6) is 1.94. The van der Waals surface area contributed by atoms with Crippen molar-refractivity contribution in [3.63, 3.8) is 0 Å². The first-order valence-electron chi connectivity index (χ1n) is 12.6. The van der Waals surface area contributed by atoms with E-state index in [0.717, 1.165) is 36.3 Å². The van der Waals surface area contributed by atoms with Crippen molar-refractivity contribution < 1.29 is 15.3 Å². The van der Waals surface area contributed by atoms with Gasteiger partial charge in [-0.1, -0.05) is 57.9 Å². The van der Waals surface area contributed by atoms with Crippen LogP contribution in [0.3, 0.4) is 0 Å². The fourth-order valence-electron chi connectivity index (χ4n) is 6.91. The molecule has 176 valence electrons. The fraction of sp³-hybridized carbons (Fsp3) is 0.786. The van der Waals surface area contributed by atoms with Crippen molar-refractivity contribution in [3.8, 4) is 0 Å². The standard InChI is InChI=1S/C28H46O3/c1-18(9-7-15-27(4,5)31)23-13-14-24-21(10-8-16-28(23,24)6)11-12-22-17-25(29)20(3)26(30)19(22)2/h11-12,18,20,23-26,29-31H,2,7-10,13-17H2,1,3-6H3/b21-11+,22-12+/t18-,20-,23+,24-,25+,26+,28+/m0/s1. The topological polar surface area (TPSA) is 60.7 Å². The highest BCUT2D eigenvalue weighted by Crippen LogP contribution is 2.60. The minimum absolute atomic E-state index is 0.149. The molecule has 0 aromatic rings. The van der Waals surface area contributed by atoms with E-state index in [2.05, 4.69) is 32.6 Å². The van der Waals surface area contributed by atoms with E-state index in [9.17, 15) is 15.3 Å². The normalized spacial score (nSPS) is 40.4. The Labute approximate surface area is 190 Å². The summed E-state index contributed by atoms with van der Waals surface area (Å²) in [5.41, 5.74) is 3.15. The number of hydrogen-bond donors (Lipinski definition) is 3. The van der Waals surface area contributed by atoms with Crippen LogP contribution in [0, 0.1) is 29.1 Å². The second-order valence-electron chi connectivity index (χ2n) is 11.8. The largest absolute Gasteiger partial charge is 0.392 e. The minimum Gasteiger partial charge on any atom is -0.392 e. The van der Waals surface area contributed by atoms with Gasteiger partial charge in [0.05, 0.1) is 17.8 Å². The first kappa shape index (κ1) is 24.7. The van der Waals surface area contributed by atoms with Gasteiger partial charge in [-0.3, -0.25) is 0 Å². The van der Waals surface area contributed by atoms with Gasteiger partial charge in [-0.25, -0.2) is 0 Å². The van der Waals surface area contributed by atoms with Crippen LogP contribution in [0.1, 0.15) is 92.4 Å². The van der Waals surface area contributed by atoms with Crippen molar-refractivity contribution in [2.75, 3.05) is 0 Å². The number of fused-ring (bicyclic) bond motifs is 1. The molecular formula is C28H46O3. The Morgan fingerprint density at radius 3 is 2.61 bits per heavy atom. The maximum atomic E-state index is 10.4. The van der Waals surface area contributed by atoms with Crippen LogP contribution in [-0.2, 0) is 0 Å². The van der Waals surface area contributed by atoms with Crippen LogP contribution in [0.4, 0.5) is 0 Å². The lowest BCUT2D eigenvalue weighted by atomic mass is 9.60. The van der Waals surface area contributed by atoms with Gasteiger partial charge in [0.1, 0.15) is 0 Å². The molecule has 0 radical (unpaired) electrons. The predicted octanol–water partition coefficient (Wildman–Crippen LogP) is 5.95. The summed E-state index contributed by atoms with van der Waals surface area (Å²) in [7, 11) is 0. The Hall–Kier alpha value is -0.900. The highest BCUT2D eigenvalue weighted by atomic mass is 16.3. The highest BCUT2D eigenvalue weighted by Gasteiger charge is 2.50. The molecule has 31 heavy (non-hydrogen) atoms. The average Bonchev–Trinajstić information content (AvgIpc) is 3.04. The Morgan fingerprint density at radius 1 is 1.23 bits per heavy atom. The molecule has 0 aliphatic heterocycles. The average molecular weight is 431 g/mol. The Morgan fingerprint density at radius 2 is 1.94 bits per heavy atom. The van der Waals surface area contributed by atoms with E-state index in [0.29, 0.717) is 23.7 Å². The van der Waals surface area contributed by atoms with E-state index in [1.807, 2.05) is 20.8 Å². The fourth-order valence-corrected chi connectivity index (χ4v) is 6.91. The number of aliphatic hydroxyl groups excluding tert-OH is 2. The lowest BCUT2D eigenvalue weighted by Crippen LogP contribution is -2.36. The molecule has 0 bridgehead atoms. The zero-order valence-corrected chi connectivity index (χ0v) is 20.5. The van der Waals surface area contributed by atoms with Crippen molar-refractivity contribution in [2.45, 2.75) is 110 Å². The van der Waals surface area contributed by atoms with Gasteiger partial charge in [0.15, 0.2) is 0 Å². The van der Waals surface area contributed by atoms with Gasteiger partial charge in [0.2, 0.25) is 0 Å². The molecule has 3 saturated carbocycles. The zero-order chi connectivity index (χ0) is 23.0. The van der Waals surface area contributed by atoms with Crippen LogP contribution in [-0.4, -0.2) is 33.1 Å². The third kappa shape index (κ3) is 5.37. The Kier molecular flexibility index (Phi) is 7.61. The molecule has 0 amide bonds. The van der Waals surface area contributed by atoms with Crippen LogP contribution in [0.25, 0.3) is 0 Å². The molecule has 0 spiro atoms. The Balaban J connectivity index is 1.71. The third-order valence-corrected chi connectivity index (χ3v) is 8.97. The molecule has 0 unspecified atom stereocenters. The van der Waals surface area contributed by atoms with Crippen LogP contribution >= 0.6 is 0 Å². The summed E-state index contributed by atoms with van der Waals surface area (Å²) >= 11 is 0. The molecule has 3 rings (SSSR count). The quantitative estimate of drug-likeness (QED) is 0.488. The summed E-state index contributed by atoms with van der Waals surface area (Å²) in [6.07, 6.45) is 13.4. The first-order valence-corrected chi connectivity index (χ1v) is 12.6. The molecule has 7 atom stereocenters. The molecule has 3 fully saturated rings. The van der Waals surface area contributed by atoms with Gasteiger partial charge in [0, 0.05) is 5.92 Å². The number of hydrogen-bond acceptors (Lipinski definition) is 3. The van der Waals surface area contributed by atoms with Gasteiger partial charge in [0.25, 0.3) is 0 Å². The van der Waals surface area contributed by atoms with Gasteiger partial charge in [-0.15, -0.1) is 0 Å². The van der Waals surface area contributed by atoms with Crippen molar-refractivity contribution in [2.24, 2.45) is 29.1 Å². The molecule has 0 aromatic heterocycles. The lowest BCUT2D eigenvalue weighted by molar-refractivity contribution is 0.0283. The third-order valence-electron chi connectivity index (χ3n) is 8.97. The molecule has 3 aliphatic rings. The Bertz CT molecular complexity index is 712. The summed E-state index contributed by atoms with van der Waals surface area (Å²) in [4.78, 5) is 0. The van der Waals surface area contributed by atoms with E-state index in [1.54, 1.807) is 5.57 Å². The SMILES string of the molecule is C=C1/C(=C/C=C2\CCC[C@]3(C)[C@@H]([C@@H](C)CCCC(C)(C)O)CC[C@@H]23)C[C@@H](O)[C@H](C)[C@@H]1O. The number of aliphatic hydroxyl groups is 3. The van der Waals surface area contributed by atoms with Crippen molar-refractivity contribution >= 4 is 0 Å². The van der Waals surface area contributed by atoms with Gasteiger partial charge in [-0.05, 0) is 93.1 Å². The van der Waals surface area contributed by atoms with E-state index in [1.165, 1.54) is 32.1 Å². The minimum atomic E-state index is -0.648. The van der Waals surface area contributed by atoms with Crippen LogP contribution in [0.15, 0.2) is 35.5 Å². The summed E-state index contributed by atoms with van der Waals surface area (Å²) in [6, 6.07) is 0. The summed E-state index contributed by atoms with van der Waals surface area (Å²) < 4.78 is 0. The smallest absolute Gasteiger partial charge is 0.0837 e. The van der Waals surface area contributed by atoms with Crippen LogP contribution in [0.5, 0.6) is 0 Å². The van der Waals surface area contributed by atoms with Crippen LogP contribution in [0.2, 0.25) is 0 Å². The molecule has 0 saturated heterocycles. The van der Waals surface area contributed by atoms with Crippen molar-refractivity contribution in [1.29, 1.82) is 0 Å². The van der Waals surface area contributed by atoms with Crippen LogP contribution < -0.4 is 0 Å². The maximum absolute atomic E-state index is 10.4. The van der Waals surface area contributed by atoms with Gasteiger partial charge in [-0.2, -0.15) is 0 Å². The molecule has 3 aliphatic carbocycles. The molecule has 3 nitrogen and oxygen atoms in total. The molecule has 3 heteroatoms.